The van der Waals surface area contributed by atoms with Crippen molar-refractivity contribution in [2.75, 3.05) is 19.8 Å². The van der Waals surface area contributed by atoms with E-state index < -0.39 is 11.9 Å². The monoisotopic (exact) mass is 293 g/mol. The smallest absolute Gasteiger partial charge is 0.310 e. The molecule has 116 valence electrons. The lowest BCUT2D eigenvalue weighted by molar-refractivity contribution is -0.143. The molecule has 0 radical (unpaired) electrons. The van der Waals surface area contributed by atoms with Gasteiger partial charge < -0.3 is 14.9 Å². The minimum absolute atomic E-state index is 0.0663. The molecule has 1 heterocycles. The molecule has 3 unspecified atom stereocenters. The molecule has 1 aliphatic rings. The van der Waals surface area contributed by atoms with Crippen molar-refractivity contribution in [3.05, 3.63) is 29.3 Å². The number of carboxylic acids is 1. The summed E-state index contributed by atoms with van der Waals surface area (Å²) in [7, 11) is 0. The first kappa shape index (κ1) is 15.8. The summed E-state index contributed by atoms with van der Waals surface area (Å²) < 4.78 is 5.37. The maximum absolute atomic E-state index is 11.4. The van der Waals surface area contributed by atoms with Crippen LogP contribution in [0.3, 0.4) is 0 Å². The summed E-state index contributed by atoms with van der Waals surface area (Å²) in [5.41, 5.74) is 1.90. The SMILES string of the molecule is CCN(C(C)c1cc(C)ccc1O)C1COCC1C(=O)O. The Hall–Kier alpha value is -1.59. The maximum Gasteiger partial charge on any atom is 0.310 e. The van der Waals surface area contributed by atoms with Gasteiger partial charge in [0.2, 0.25) is 0 Å². The summed E-state index contributed by atoms with van der Waals surface area (Å²) in [6.07, 6.45) is 0. The number of phenolic OH excluding ortho intramolecular Hbond substituents is 1. The summed E-state index contributed by atoms with van der Waals surface area (Å²) in [5.74, 6) is -1.09. The molecule has 2 N–H and O–H groups in total. The first-order valence-electron chi connectivity index (χ1n) is 7.31. The molecule has 1 saturated heterocycles. The van der Waals surface area contributed by atoms with Gasteiger partial charge in [0.15, 0.2) is 0 Å². The highest BCUT2D eigenvalue weighted by atomic mass is 16.5. The van der Waals surface area contributed by atoms with Gasteiger partial charge in [0.25, 0.3) is 0 Å². The number of aromatic hydroxyl groups is 1. The van der Waals surface area contributed by atoms with Gasteiger partial charge in [0, 0.05) is 17.6 Å². The molecule has 0 aliphatic carbocycles. The quantitative estimate of drug-likeness (QED) is 0.871. The van der Waals surface area contributed by atoms with Crippen LogP contribution in [0, 0.1) is 12.8 Å². The molecule has 3 atom stereocenters. The standard InChI is InChI=1S/C16H23NO4/c1-4-17(14-9-21-8-13(14)16(19)20)11(3)12-7-10(2)5-6-15(12)18/h5-7,11,13-14,18H,4,8-9H2,1-3H3,(H,19,20). The second-order valence-corrected chi connectivity index (χ2v) is 5.62. The van der Waals surface area contributed by atoms with Crippen LogP contribution in [0.15, 0.2) is 18.2 Å². The van der Waals surface area contributed by atoms with Gasteiger partial charge in [-0.15, -0.1) is 0 Å². The van der Waals surface area contributed by atoms with E-state index in [1.54, 1.807) is 6.07 Å². The van der Waals surface area contributed by atoms with Crippen LogP contribution in [0.1, 0.15) is 31.0 Å². The normalized spacial score (nSPS) is 23.4. The molecule has 21 heavy (non-hydrogen) atoms. The zero-order chi connectivity index (χ0) is 15.6. The van der Waals surface area contributed by atoms with Crippen molar-refractivity contribution in [1.82, 2.24) is 4.90 Å². The van der Waals surface area contributed by atoms with E-state index in [1.165, 1.54) is 0 Å². The van der Waals surface area contributed by atoms with Crippen LogP contribution in [0.5, 0.6) is 5.75 Å². The van der Waals surface area contributed by atoms with Gasteiger partial charge in [0.05, 0.1) is 19.1 Å². The minimum atomic E-state index is -0.823. The summed E-state index contributed by atoms with van der Waals surface area (Å²) in [4.78, 5) is 13.5. The number of nitrogens with zero attached hydrogens (tertiary/aromatic N) is 1. The van der Waals surface area contributed by atoms with Gasteiger partial charge in [-0.1, -0.05) is 24.6 Å². The second kappa shape index (κ2) is 6.45. The minimum Gasteiger partial charge on any atom is -0.508 e. The third-order valence-electron chi connectivity index (χ3n) is 4.29. The predicted octanol–water partition coefficient (Wildman–Crippen LogP) is 2.18. The number of aryl methyl sites for hydroxylation is 1. The molecule has 1 fully saturated rings. The summed E-state index contributed by atoms with van der Waals surface area (Å²) in [6, 6.07) is 5.27. The Morgan fingerprint density at radius 1 is 1.48 bits per heavy atom. The fourth-order valence-corrected chi connectivity index (χ4v) is 3.09. The third kappa shape index (κ3) is 3.19. The Morgan fingerprint density at radius 2 is 2.19 bits per heavy atom. The van der Waals surface area contributed by atoms with Gasteiger partial charge in [-0.25, -0.2) is 0 Å². The number of hydrogen-bond donors (Lipinski definition) is 2. The van der Waals surface area contributed by atoms with Crippen molar-refractivity contribution in [2.45, 2.75) is 32.9 Å². The summed E-state index contributed by atoms with van der Waals surface area (Å²) in [6.45, 7) is 7.34. The van der Waals surface area contributed by atoms with E-state index in [-0.39, 0.29) is 24.4 Å². The van der Waals surface area contributed by atoms with Crippen molar-refractivity contribution in [3.8, 4) is 5.75 Å². The van der Waals surface area contributed by atoms with Crippen molar-refractivity contribution < 1.29 is 19.7 Å². The van der Waals surface area contributed by atoms with Crippen molar-refractivity contribution >= 4 is 5.97 Å². The zero-order valence-electron chi connectivity index (χ0n) is 12.7. The van der Waals surface area contributed by atoms with Gasteiger partial charge in [0.1, 0.15) is 5.75 Å². The third-order valence-corrected chi connectivity index (χ3v) is 4.29. The highest BCUT2D eigenvalue weighted by molar-refractivity contribution is 5.71. The molecule has 0 amide bonds. The molecule has 0 saturated carbocycles. The summed E-state index contributed by atoms with van der Waals surface area (Å²) >= 11 is 0. The Balaban J connectivity index is 2.28. The van der Waals surface area contributed by atoms with Crippen LogP contribution in [0.4, 0.5) is 0 Å². The molecular formula is C16H23NO4. The molecule has 0 aromatic heterocycles. The van der Waals surface area contributed by atoms with E-state index >= 15 is 0 Å². The number of hydrogen-bond acceptors (Lipinski definition) is 4. The molecule has 5 heteroatoms. The van der Waals surface area contributed by atoms with E-state index in [9.17, 15) is 15.0 Å². The molecular weight excluding hydrogens is 270 g/mol. The average molecular weight is 293 g/mol. The lowest BCUT2D eigenvalue weighted by Crippen LogP contribution is -2.44. The highest BCUT2D eigenvalue weighted by Gasteiger charge is 2.39. The zero-order valence-corrected chi connectivity index (χ0v) is 12.7. The van der Waals surface area contributed by atoms with Crippen LogP contribution in [0.2, 0.25) is 0 Å². The molecule has 0 spiro atoms. The molecule has 1 aromatic carbocycles. The Morgan fingerprint density at radius 3 is 2.81 bits per heavy atom. The second-order valence-electron chi connectivity index (χ2n) is 5.62. The fourth-order valence-electron chi connectivity index (χ4n) is 3.09. The lowest BCUT2D eigenvalue weighted by atomic mass is 9.97. The van der Waals surface area contributed by atoms with E-state index in [0.29, 0.717) is 13.2 Å². The number of rotatable bonds is 5. The number of carboxylic acid groups (broad SMARTS) is 1. The topological polar surface area (TPSA) is 70.0 Å². The van der Waals surface area contributed by atoms with E-state index in [4.69, 9.17) is 4.74 Å². The van der Waals surface area contributed by atoms with Crippen molar-refractivity contribution in [3.63, 3.8) is 0 Å². The largest absolute Gasteiger partial charge is 0.508 e. The summed E-state index contributed by atoms with van der Waals surface area (Å²) in [5, 5.41) is 19.4. The van der Waals surface area contributed by atoms with Crippen LogP contribution >= 0.6 is 0 Å². The number of ether oxygens (including phenoxy) is 1. The van der Waals surface area contributed by atoms with Crippen LogP contribution in [-0.4, -0.2) is 46.9 Å². The lowest BCUT2D eigenvalue weighted by Gasteiger charge is -2.35. The van der Waals surface area contributed by atoms with Gasteiger partial charge in [-0.2, -0.15) is 0 Å². The van der Waals surface area contributed by atoms with E-state index in [0.717, 1.165) is 11.1 Å². The predicted molar refractivity (Wildman–Crippen MR) is 79.4 cm³/mol. The van der Waals surface area contributed by atoms with Gasteiger partial charge >= 0.3 is 5.97 Å². The highest BCUT2D eigenvalue weighted by Crippen LogP contribution is 2.33. The fraction of sp³-hybridized carbons (Fsp3) is 0.562. The number of benzene rings is 1. The molecule has 0 bridgehead atoms. The number of aliphatic carboxylic acids is 1. The van der Waals surface area contributed by atoms with E-state index in [2.05, 4.69) is 4.90 Å². The van der Waals surface area contributed by atoms with Crippen LogP contribution < -0.4 is 0 Å². The Bertz CT molecular complexity index is 517. The molecule has 1 aliphatic heterocycles. The van der Waals surface area contributed by atoms with Crippen molar-refractivity contribution in [1.29, 1.82) is 0 Å². The van der Waals surface area contributed by atoms with Gasteiger partial charge in [-0.05, 0) is 26.5 Å². The van der Waals surface area contributed by atoms with Crippen LogP contribution in [0.25, 0.3) is 0 Å². The van der Waals surface area contributed by atoms with Crippen LogP contribution in [-0.2, 0) is 9.53 Å². The molecule has 2 rings (SSSR count). The number of phenols is 1. The van der Waals surface area contributed by atoms with Crippen molar-refractivity contribution in [2.24, 2.45) is 5.92 Å². The Labute approximate surface area is 125 Å². The first-order valence-corrected chi connectivity index (χ1v) is 7.31. The van der Waals surface area contributed by atoms with E-state index in [1.807, 2.05) is 32.9 Å². The molecule has 5 nitrogen and oxygen atoms in total. The number of carbonyl (C=O) groups is 1. The molecule has 1 aromatic rings. The Kier molecular flexibility index (Phi) is 4.85. The first-order chi connectivity index (χ1) is 9.95. The average Bonchev–Trinajstić information content (AvgIpc) is 2.91. The van der Waals surface area contributed by atoms with Gasteiger partial charge in [-0.3, -0.25) is 9.69 Å². The maximum atomic E-state index is 11.4. The number of likely N-dealkylation sites (N-methyl/N-ethyl adjacent to an activating group) is 1.